The molecule has 3 nitrogen and oxygen atoms in total. The topological polar surface area (TPSA) is 45.8 Å². The molecule has 0 aliphatic carbocycles. The molecule has 13 heavy (non-hydrogen) atoms. The van der Waals surface area contributed by atoms with Gasteiger partial charge in [0.25, 0.3) is 5.56 Å². The highest BCUT2D eigenvalue weighted by atomic mass is 32.2. The van der Waals surface area contributed by atoms with E-state index in [1.54, 1.807) is 0 Å². The average molecular weight is 198 g/mol. The Bertz CT molecular complexity index is 357. The summed E-state index contributed by atoms with van der Waals surface area (Å²) in [6.07, 6.45) is 1.90. The summed E-state index contributed by atoms with van der Waals surface area (Å²) in [6.45, 7) is 5.88. The maximum Gasteiger partial charge on any atom is 0.255 e. The van der Waals surface area contributed by atoms with Crippen LogP contribution in [0.4, 0.5) is 0 Å². The Balaban J connectivity index is 3.32. The van der Waals surface area contributed by atoms with Crippen molar-refractivity contribution in [2.24, 2.45) is 0 Å². The van der Waals surface area contributed by atoms with E-state index in [9.17, 15) is 4.79 Å². The first kappa shape index (κ1) is 10.3. The van der Waals surface area contributed by atoms with Gasteiger partial charge in [0.2, 0.25) is 0 Å². The van der Waals surface area contributed by atoms with Crippen molar-refractivity contribution >= 4 is 11.8 Å². The number of rotatable bonds is 2. The van der Waals surface area contributed by atoms with Gasteiger partial charge in [0.15, 0.2) is 5.16 Å². The molecule has 1 aromatic rings. The van der Waals surface area contributed by atoms with Crippen molar-refractivity contribution in [3.05, 3.63) is 21.6 Å². The molecule has 0 aromatic carbocycles. The monoisotopic (exact) mass is 198 g/mol. The molecule has 1 aromatic heterocycles. The largest absolute Gasteiger partial charge is 0.301 e. The van der Waals surface area contributed by atoms with Gasteiger partial charge >= 0.3 is 0 Å². The van der Waals surface area contributed by atoms with Crippen LogP contribution < -0.4 is 5.56 Å². The molecule has 0 aliphatic heterocycles. The Hall–Kier alpha value is -0.770. The van der Waals surface area contributed by atoms with Gasteiger partial charge in [-0.05, 0) is 19.1 Å². The summed E-state index contributed by atoms with van der Waals surface area (Å²) in [5, 5.41) is 0.687. The van der Waals surface area contributed by atoms with Crippen molar-refractivity contribution in [2.75, 3.05) is 6.26 Å². The third kappa shape index (κ3) is 2.12. The number of hydrogen-bond acceptors (Lipinski definition) is 3. The fourth-order valence-electron chi connectivity index (χ4n) is 1.35. The van der Waals surface area contributed by atoms with Crippen LogP contribution in [0.2, 0.25) is 0 Å². The van der Waals surface area contributed by atoms with Gasteiger partial charge in [-0.1, -0.05) is 25.6 Å². The fourth-order valence-corrected chi connectivity index (χ4v) is 1.77. The summed E-state index contributed by atoms with van der Waals surface area (Å²) in [6, 6.07) is 0. The van der Waals surface area contributed by atoms with Gasteiger partial charge in [-0.15, -0.1) is 0 Å². The molecule has 0 saturated carbocycles. The molecule has 0 radical (unpaired) electrons. The van der Waals surface area contributed by atoms with Crippen molar-refractivity contribution in [1.29, 1.82) is 0 Å². The van der Waals surface area contributed by atoms with Gasteiger partial charge in [0, 0.05) is 11.3 Å². The lowest BCUT2D eigenvalue weighted by Crippen LogP contribution is -2.18. The lowest BCUT2D eigenvalue weighted by molar-refractivity contribution is 0.779. The van der Waals surface area contributed by atoms with Gasteiger partial charge in [-0.3, -0.25) is 4.79 Å². The van der Waals surface area contributed by atoms with E-state index in [0.29, 0.717) is 5.16 Å². The number of aromatic nitrogens is 2. The van der Waals surface area contributed by atoms with Crippen molar-refractivity contribution < 1.29 is 0 Å². The van der Waals surface area contributed by atoms with Gasteiger partial charge in [-0.2, -0.15) is 0 Å². The van der Waals surface area contributed by atoms with Crippen molar-refractivity contribution in [2.45, 2.75) is 31.8 Å². The highest BCUT2D eigenvalue weighted by molar-refractivity contribution is 7.98. The fraction of sp³-hybridized carbons (Fsp3) is 0.556. The highest BCUT2D eigenvalue weighted by Crippen LogP contribution is 2.14. The van der Waals surface area contributed by atoms with Gasteiger partial charge in [0.05, 0.1) is 0 Å². The van der Waals surface area contributed by atoms with E-state index < -0.39 is 0 Å². The van der Waals surface area contributed by atoms with E-state index in [0.717, 1.165) is 11.3 Å². The number of thioether (sulfide) groups is 1. The van der Waals surface area contributed by atoms with Crippen molar-refractivity contribution in [3.63, 3.8) is 0 Å². The van der Waals surface area contributed by atoms with Crippen molar-refractivity contribution in [1.82, 2.24) is 9.97 Å². The standard InChI is InChI=1S/C9H14N2OS/c1-5(2)7-6(3)10-9(13-4)11-8(7)12/h5H,1-4H3,(H,10,11,12). The zero-order valence-electron chi connectivity index (χ0n) is 8.34. The predicted octanol–water partition coefficient (Wildman–Crippen LogP) is 1.92. The molecule has 0 aliphatic rings. The third-order valence-corrected chi connectivity index (χ3v) is 2.47. The number of H-pyrrole nitrogens is 1. The molecule has 0 amide bonds. The van der Waals surface area contributed by atoms with Gasteiger partial charge < -0.3 is 4.98 Å². The minimum atomic E-state index is -0.00755. The Kier molecular flexibility index (Phi) is 3.14. The molecule has 0 saturated heterocycles. The molecule has 1 heterocycles. The molecule has 1 rings (SSSR count). The summed E-state index contributed by atoms with van der Waals surface area (Å²) in [5.74, 6) is 0.229. The van der Waals surface area contributed by atoms with E-state index in [1.807, 2.05) is 27.0 Å². The summed E-state index contributed by atoms with van der Waals surface area (Å²) in [7, 11) is 0. The predicted molar refractivity (Wildman–Crippen MR) is 55.5 cm³/mol. The quantitative estimate of drug-likeness (QED) is 0.583. The zero-order chi connectivity index (χ0) is 10.0. The molecule has 4 heteroatoms. The summed E-state index contributed by atoms with van der Waals surface area (Å²) in [4.78, 5) is 18.6. The minimum Gasteiger partial charge on any atom is -0.301 e. The van der Waals surface area contributed by atoms with Crippen LogP contribution in [-0.4, -0.2) is 16.2 Å². The van der Waals surface area contributed by atoms with Crippen LogP contribution in [-0.2, 0) is 0 Å². The van der Waals surface area contributed by atoms with Crippen molar-refractivity contribution in [3.8, 4) is 0 Å². The second-order valence-electron chi connectivity index (χ2n) is 3.23. The normalized spacial score (nSPS) is 10.8. The van der Waals surface area contributed by atoms with Gasteiger partial charge in [-0.25, -0.2) is 4.98 Å². The molecule has 72 valence electrons. The Morgan fingerprint density at radius 1 is 1.46 bits per heavy atom. The maximum atomic E-state index is 11.6. The summed E-state index contributed by atoms with van der Waals surface area (Å²) in [5.41, 5.74) is 1.62. The zero-order valence-corrected chi connectivity index (χ0v) is 9.16. The molecule has 0 spiro atoms. The molecule has 0 unspecified atom stereocenters. The first-order valence-electron chi connectivity index (χ1n) is 4.21. The van der Waals surface area contributed by atoms with Crippen LogP contribution in [0.15, 0.2) is 9.95 Å². The minimum absolute atomic E-state index is 0.00755. The van der Waals surface area contributed by atoms with Crippen LogP contribution in [0.1, 0.15) is 31.0 Å². The molecule has 0 fully saturated rings. The number of aryl methyl sites for hydroxylation is 1. The van der Waals surface area contributed by atoms with E-state index >= 15 is 0 Å². The Labute approximate surface area is 82.0 Å². The highest BCUT2D eigenvalue weighted by Gasteiger charge is 2.10. The molecular weight excluding hydrogens is 184 g/mol. The Morgan fingerprint density at radius 3 is 2.46 bits per heavy atom. The van der Waals surface area contributed by atoms with E-state index in [4.69, 9.17) is 0 Å². The summed E-state index contributed by atoms with van der Waals surface area (Å²) < 4.78 is 0. The second kappa shape index (κ2) is 3.96. The van der Waals surface area contributed by atoms with Crippen LogP contribution in [0, 0.1) is 6.92 Å². The molecule has 0 bridgehead atoms. The number of nitrogens with zero attached hydrogens (tertiary/aromatic N) is 1. The molecular formula is C9H14N2OS. The first-order chi connectivity index (χ1) is 6.06. The number of hydrogen-bond donors (Lipinski definition) is 1. The number of nitrogens with one attached hydrogen (secondary N) is 1. The van der Waals surface area contributed by atoms with Crippen LogP contribution in [0.25, 0.3) is 0 Å². The van der Waals surface area contributed by atoms with Crippen LogP contribution >= 0.6 is 11.8 Å². The molecule has 1 N–H and O–H groups in total. The van der Waals surface area contributed by atoms with E-state index in [2.05, 4.69) is 9.97 Å². The lowest BCUT2D eigenvalue weighted by atomic mass is 10.0. The van der Waals surface area contributed by atoms with E-state index in [-0.39, 0.29) is 11.5 Å². The Morgan fingerprint density at radius 2 is 2.08 bits per heavy atom. The van der Waals surface area contributed by atoms with Crippen LogP contribution in [0.5, 0.6) is 0 Å². The maximum absolute atomic E-state index is 11.6. The first-order valence-corrected chi connectivity index (χ1v) is 5.43. The smallest absolute Gasteiger partial charge is 0.255 e. The summed E-state index contributed by atoms with van der Waals surface area (Å²) >= 11 is 1.45. The van der Waals surface area contributed by atoms with Gasteiger partial charge in [0.1, 0.15) is 0 Å². The van der Waals surface area contributed by atoms with Crippen LogP contribution in [0.3, 0.4) is 0 Å². The molecule has 0 atom stereocenters. The SMILES string of the molecule is CSc1nc(C)c(C(C)C)c(=O)[nH]1. The third-order valence-electron chi connectivity index (χ3n) is 1.89. The lowest BCUT2D eigenvalue weighted by Gasteiger charge is -2.07. The second-order valence-corrected chi connectivity index (χ2v) is 4.02. The average Bonchev–Trinajstić information content (AvgIpc) is 2.02. The number of aromatic amines is 1. The van der Waals surface area contributed by atoms with E-state index in [1.165, 1.54) is 11.8 Å².